The predicted molar refractivity (Wildman–Crippen MR) is 109 cm³/mol. The molecule has 1 rings (SSSR count). The van der Waals surface area contributed by atoms with Gasteiger partial charge >= 0.3 is 23.9 Å². The fraction of sp³-hybridized carbons (Fsp3) is 0.400. The van der Waals surface area contributed by atoms with Gasteiger partial charge in [0.2, 0.25) is 5.82 Å². The maximum atomic E-state index is 13.7. The molecule has 0 heterocycles. The lowest BCUT2D eigenvalue weighted by Gasteiger charge is -2.15. The molecule has 6 N–H and O–H groups in total. The Morgan fingerprint density at radius 1 is 0.703 bits per heavy atom. The fourth-order valence-corrected chi connectivity index (χ4v) is 2.79. The van der Waals surface area contributed by atoms with Crippen molar-refractivity contribution in [3.63, 3.8) is 0 Å². The van der Waals surface area contributed by atoms with Gasteiger partial charge in [0.25, 0.3) is 5.91 Å². The third-order valence-electron chi connectivity index (χ3n) is 4.65. The van der Waals surface area contributed by atoms with Crippen LogP contribution < -0.4 is 16.0 Å². The minimum Gasteiger partial charge on any atom is -0.481 e. The number of carboxylic acids is 3. The summed E-state index contributed by atoms with van der Waals surface area (Å²) in [4.78, 5) is 68.3. The minimum absolute atomic E-state index is 0.0163. The van der Waals surface area contributed by atoms with Gasteiger partial charge in [-0.3, -0.25) is 14.4 Å². The summed E-state index contributed by atoms with van der Waals surface area (Å²) in [6.45, 7) is -0.170. The molecule has 0 fully saturated rings. The lowest BCUT2D eigenvalue weighted by atomic mass is 10.0. The van der Waals surface area contributed by atoms with E-state index in [1.165, 1.54) is 0 Å². The van der Waals surface area contributed by atoms with Crippen molar-refractivity contribution in [2.24, 2.45) is 0 Å². The number of hydrogen-bond acceptors (Lipinski definition) is 6. The van der Waals surface area contributed by atoms with Crippen molar-refractivity contribution < 1.29 is 66.0 Å². The Bertz CT molecular complexity index is 1070. The van der Waals surface area contributed by atoms with E-state index in [4.69, 9.17) is 15.3 Å². The number of rotatable bonds is 14. The van der Waals surface area contributed by atoms with Gasteiger partial charge in [0.15, 0.2) is 23.3 Å². The number of benzene rings is 1. The number of ketones is 1. The second kappa shape index (κ2) is 13.7. The normalized spacial score (nSPS) is 12.2. The second-order valence-corrected chi connectivity index (χ2v) is 7.38. The van der Waals surface area contributed by atoms with Crippen molar-refractivity contribution >= 4 is 35.6 Å². The van der Waals surface area contributed by atoms with Crippen LogP contribution in [0, 0.1) is 29.1 Å². The molecule has 0 unspecified atom stereocenters. The van der Waals surface area contributed by atoms with E-state index in [-0.39, 0.29) is 19.4 Å². The molecule has 12 nitrogen and oxygen atoms in total. The summed E-state index contributed by atoms with van der Waals surface area (Å²) in [6.07, 6.45) is -2.25. The van der Waals surface area contributed by atoms with Crippen LogP contribution in [0.1, 0.15) is 42.5 Å². The number of aliphatic carboxylic acids is 3. The van der Waals surface area contributed by atoms with Gasteiger partial charge in [0.1, 0.15) is 23.4 Å². The van der Waals surface area contributed by atoms with Crippen LogP contribution in [-0.2, 0) is 19.2 Å². The fourth-order valence-electron chi connectivity index (χ4n) is 2.79. The summed E-state index contributed by atoms with van der Waals surface area (Å²) in [5.41, 5.74) is -1.90. The Labute approximate surface area is 203 Å². The third kappa shape index (κ3) is 9.01. The summed E-state index contributed by atoms with van der Waals surface area (Å²) in [5.74, 6) is -19.6. The van der Waals surface area contributed by atoms with Crippen LogP contribution in [-0.4, -0.2) is 69.6 Å². The highest BCUT2D eigenvalue weighted by atomic mass is 19.2. The first-order chi connectivity index (χ1) is 17.2. The van der Waals surface area contributed by atoms with Crippen molar-refractivity contribution in [1.82, 2.24) is 16.0 Å². The summed E-state index contributed by atoms with van der Waals surface area (Å²) >= 11 is 0. The summed E-state index contributed by atoms with van der Waals surface area (Å²) < 4.78 is 67.1. The van der Waals surface area contributed by atoms with Crippen molar-refractivity contribution in [1.29, 1.82) is 0 Å². The van der Waals surface area contributed by atoms with E-state index < -0.39 is 102 Å². The highest BCUT2D eigenvalue weighted by Gasteiger charge is 2.32. The standard InChI is InChI=1S/C20H20F5N3O9/c21-12-11(13(22)15(24)16(25)14(12)23)17(32)27-8(18(33)34)4-3-7(29)2-1-5-26-20(37)28-9(19(35)36)6-10(30)31/h8-9H,1-6H2,(H,27,32)(H,30,31)(H,33,34)(H,35,36)(H2,26,28,37)/t8-,9-/m0/s1/i25-1. The molecule has 0 radical (unpaired) electrons. The van der Waals surface area contributed by atoms with Crippen molar-refractivity contribution in [3.8, 4) is 0 Å². The van der Waals surface area contributed by atoms with Gasteiger partial charge in [-0.15, -0.1) is 0 Å². The zero-order valence-corrected chi connectivity index (χ0v) is 18.6. The van der Waals surface area contributed by atoms with Crippen molar-refractivity contribution in [2.45, 2.75) is 44.2 Å². The lowest BCUT2D eigenvalue weighted by molar-refractivity contribution is -0.145. The number of nitrogens with one attached hydrogen (secondary N) is 3. The zero-order valence-electron chi connectivity index (χ0n) is 18.6. The van der Waals surface area contributed by atoms with Gasteiger partial charge < -0.3 is 31.3 Å². The topological polar surface area (TPSA) is 199 Å². The lowest BCUT2D eigenvalue weighted by Crippen LogP contribution is -2.47. The number of carbonyl (C=O) groups is 6. The van der Waals surface area contributed by atoms with Crippen molar-refractivity contribution in [3.05, 3.63) is 34.6 Å². The average molecular weight is 540 g/mol. The first-order valence-electron chi connectivity index (χ1n) is 10.2. The number of Topliss-reactive ketones (excluding diaryl/α,β-unsaturated/α-hetero) is 1. The Kier molecular flexibility index (Phi) is 11.4. The van der Waals surface area contributed by atoms with Gasteiger partial charge in [-0.25, -0.2) is 36.3 Å². The van der Waals surface area contributed by atoms with E-state index in [2.05, 4.69) is 5.32 Å². The molecular weight excluding hydrogens is 520 g/mol. The molecule has 204 valence electrons. The Balaban J connectivity index is 2.59. The molecule has 3 amide bonds. The third-order valence-corrected chi connectivity index (χ3v) is 4.65. The van der Waals surface area contributed by atoms with Gasteiger partial charge in [-0.2, -0.15) is 0 Å². The molecule has 0 saturated carbocycles. The second-order valence-electron chi connectivity index (χ2n) is 7.38. The molecule has 0 aliphatic carbocycles. The molecule has 0 aromatic heterocycles. The van der Waals surface area contributed by atoms with Crippen LogP contribution in [0.3, 0.4) is 0 Å². The molecule has 37 heavy (non-hydrogen) atoms. The minimum atomic E-state index is -2.51. The molecule has 0 saturated heterocycles. The molecule has 1 aromatic carbocycles. The average Bonchev–Trinajstić information content (AvgIpc) is 2.81. The van der Waals surface area contributed by atoms with Crippen LogP contribution in [0.5, 0.6) is 0 Å². The van der Waals surface area contributed by atoms with Crippen LogP contribution >= 0.6 is 0 Å². The first-order valence-corrected chi connectivity index (χ1v) is 10.2. The van der Waals surface area contributed by atoms with Crippen LogP contribution in [0.4, 0.5) is 26.7 Å². The number of halogens is 5. The van der Waals surface area contributed by atoms with E-state index >= 15 is 0 Å². The quantitative estimate of drug-likeness (QED) is 0.0859. The largest absolute Gasteiger partial charge is 0.481 e. The van der Waals surface area contributed by atoms with E-state index in [0.29, 0.717) is 0 Å². The molecular formula is C20H20F5N3O9. The monoisotopic (exact) mass is 540 g/mol. The molecule has 1 aromatic rings. The van der Waals surface area contributed by atoms with Crippen LogP contribution in [0.25, 0.3) is 0 Å². The van der Waals surface area contributed by atoms with Gasteiger partial charge in [0.05, 0.1) is 6.42 Å². The highest BCUT2D eigenvalue weighted by molar-refractivity contribution is 5.97. The Morgan fingerprint density at radius 2 is 1.22 bits per heavy atom. The van der Waals surface area contributed by atoms with Crippen LogP contribution in [0.15, 0.2) is 0 Å². The van der Waals surface area contributed by atoms with Crippen molar-refractivity contribution in [2.75, 3.05) is 6.54 Å². The Morgan fingerprint density at radius 3 is 1.70 bits per heavy atom. The zero-order chi connectivity index (χ0) is 28.4. The van der Waals surface area contributed by atoms with Gasteiger partial charge in [-0.05, 0) is 12.8 Å². The van der Waals surface area contributed by atoms with E-state index in [9.17, 15) is 50.7 Å². The number of carbonyl (C=O) groups excluding carboxylic acids is 3. The SMILES string of the molecule is O=C(O)C[C@H](NC(=O)NCCCC(=O)CC[C@H](NC(=O)c1c(F)c(F)c([18F])c(F)c1F)C(=O)O)C(=O)O. The molecule has 0 spiro atoms. The highest BCUT2D eigenvalue weighted by Crippen LogP contribution is 2.23. The number of hydrogen-bond donors (Lipinski definition) is 6. The number of amides is 3. The summed E-state index contributed by atoms with van der Waals surface area (Å²) in [5, 5.41) is 32.3. The maximum Gasteiger partial charge on any atom is 0.326 e. The van der Waals surface area contributed by atoms with E-state index in [1.54, 1.807) is 5.32 Å². The molecule has 17 heteroatoms. The predicted octanol–water partition coefficient (Wildman–Crippen LogP) is 0.922. The molecule has 2 atom stereocenters. The van der Waals surface area contributed by atoms with E-state index in [1.807, 2.05) is 5.32 Å². The Hall–Kier alpha value is -4.31. The van der Waals surface area contributed by atoms with Gasteiger partial charge in [-0.1, -0.05) is 0 Å². The number of urea groups is 1. The molecule has 0 aliphatic rings. The molecule has 0 aliphatic heterocycles. The summed E-state index contributed by atoms with van der Waals surface area (Å²) in [6, 6.07) is -4.66. The number of carboxylic acid groups (broad SMARTS) is 3. The maximum absolute atomic E-state index is 13.7. The van der Waals surface area contributed by atoms with Crippen LogP contribution in [0.2, 0.25) is 0 Å². The first kappa shape index (κ1) is 30.7. The van der Waals surface area contributed by atoms with Gasteiger partial charge in [0, 0.05) is 19.4 Å². The molecule has 0 bridgehead atoms. The smallest absolute Gasteiger partial charge is 0.326 e. The summed E-state index contributed by atoms with van der Waals surface area (Å²) in [7, 11) is 0. The van der Waals surface area contributed by atoms with E-state index in [0.717, 1.165) is 0 Å².